The van der Waals surface area contributed by atoms with Crippen molar-refractivity contribution in [1.82, 2.24) is 5.43 Å². The van der Waals surface area contributed by atoms with Crippen LogP contribution in [0.25, 0.3) is 0 Å². The first-order valence-electron chi connectivity index (χ1n) is 6.10. The molecule has 1 aromatic carbocycles. The van der Waals surface area contributed by atoms with Crippen LogP contribution in [0.5, 0.6) is 0 Å². The molecule has 0 spiro atoms. The van der Waals surface area contributed by atoms with Crippen LogP contribution < -0.4 is 10.7 Å². The van der Waals surface area contributed by atoms with Crippen LogP contribution in [0, 0.1) is 6.92 Å². The summed E-state index contributed by atoms with van der Waals surface area (Å²) >= 11 is 13.1. The van der Waals surface area contributed by atoms with E-state index in [1.165, 1.54) is 35.8 Å². The van der Waals surface area contributed by atoms with Gasteiger partial charge in [-0.25, -0.2) is 5.43 Å². The Morgan fingerprint density at radius 1 is 1.18 bits per heavy atom. The quantitative estimate of drug-likeness (QED) is 0.502. The molecule has 0 atom stereocenters. The highest BCUT2D eigenvalue weighted by atomic mass is 35.5. The van der Waals surface area contributed by atoms with Gasteiger partial charge >= 0.3 is 11.8 Å². The van der Waals surface area contributed by atoms with Gasteiger partial charge in [0.25, 0.3) is 0 Å². The Labute approximate surface area is 140 Å². The number of hydrogen-bond acceptors (Lipinski definition) is 4. The lowest BCUT2D eigenvalue weighted by Crippen LogP contribution is -2.32. The molecule has 2 rings (SSSR count). The van der Waals surface area contributed by atoms with E-state index in [1.54, 1.807) is 0 Å². The van der Waals surface area contributed by atoms with Gasteiger partial charge in [0.1, 0.15) is 0 Å². The molecule has 1 heterocycles. The number of benzene rings is 1. The van der Waals surface area contributed by atoms with Crippen LogP contribution in [-0.2, 0) is 9.59 Å². The van der Waals surface area contributed by atoms with Gasteiger partial charge < -0.3 is 5.32 Å². The Hall–Kier alpha value is -1.89. The fraction of sp³-hybridized carbons (Fsp3) is 0.0714. The normalized spacial score (nSPS) is 10.7. The summed E-state index contributed by atoms with van der Waals surface area (Å²) in [7, 11) is 0. The number of anilines is 1. The van der Waals surface area contributed by atoms with E-state index < -0.39 is 11.8 Å². The van der Waals surface area contributed by atoms with E-state index in [9.17, 15) is 9.59 Å². The molecule has 0 saturated carbocycles. The molecule has 114 valence electrons. The number of carbonyl (C=O) groups is 2. The molecular formula is C14H11Cl2N3O2S. The number of aryl methyl sites for hydroxylation is 1. The third-order valence-electron chi connectivity index (χ3n) is 2.58. The lowest BCUT2D eigenvalue weighted by molar-refractivity contribution is -0.136. The first-order chi connectivity index (χ1) is 10.5. The number of carbonyl (C=O) groups excluding carboxylic acids is 2. The second-order valence-corrected chi connectivity index (χ2v) is 6.10. The summed E-state index contributed by atoms with van der Waals surface area (Å²) in [4.78, 5) is 24.2. The molecule has 2 N–H and O–H groups in total. The first-order valence-corrected chi connectivity index (χ1v) is 7.74. The van der Waals surface area contributed by atoms with Crippen molar-refractivity contribution >= 4 is 58.3 Å². The SMILES string of the molecule is Cc1ccsc1/C=N\NC(=O)C(=O)Nc1cc(Cl)cc(Cl)c1. The first kappa shape index (κ1) is 16.5. The second kappa shape index (κ2) is 7.40. The van der Waals surface area contributed by atoms with Crippen LogP contribution >= 0.6 is 34.5 Å². The summed E-state index contributed by atoms with van der Waals surface area (Å²) in [6.07, 6.45) is 1.49. The topological polar surface area (TPSA) is 70.6 Å². The lowest BCUT2D eigenvalue weighted by Gasteiger charge is -2.05. The molecule has 8 heteroatoms. The van der Waals surface area contributed by atoms with Crippen molar-refractivity contribution in [2.45, 2.75) is 6.92 Å². The molecule has 2 amide bonds. The van der Waals surface area contributed by atoms with E-state index in [1.807, 2.05) is 18.4 Å². The summed E-state index contributed by atoms with van der Waals surface area (Å²) in [6.45, 7) is 1.93. The fourth-order valence-electron chi connectivity index (χ4n) is 1.53. The predicted octanol–water partition coefficient (Wildman–Crippen LogP) is 3.45. The number of rotatable bonds is 3. The maximum Gasteiger partial charge on any atom is 0.329 e. The Balaban J connectivity index is 1.93. The Bertz CT molecular complexity index is 723. The van der Waals surface area contributed by atoms with Gasteiger partial charge in [0.05, 0.1) is 6.21 Å². The summed E-state index contributed by atoms with van der Waals surface area (Å²) in [5.41, 5.74) is 3.53. The smallest absolute Gasteiger partial charge is 0.318 e. The molecule has 2 aromatic rings. The highest BCUT2D eigenvalue weighted by Crippen LogP contribution is 2.22. The molecule has 5 nitrogen and oxygen atoms in total. The van der Waals surface area contributed by atoms with E-state index in [2.05, 4.69) is 15.8 Å². The van der Waals surface area contributed by atoms with Crippen molar-refractivity contribution in [2.75, 3.05) is 5.32 Å². The van der Waals surface area contributed by atoms with Gasteiger partial charge in [-0.1, -0.05) is 23.2 Å². The molecule has 0 fully saturated rings. The van der Waals surface area contributed by atoms with Gasteiger partial charge in [0.2, 0.25) is 0 Å². The molecular weight excluding hydrogens is 345 g/mol. The molecule has 0 saturated heterocycles. The third-order valence-corrected chi connectivity index (χ3v) is 3.97. The van der Waals surface area contributed by atoms with Crippen LogP contribution in [0.3, 0.4) is 0 Å². The Morgan fingerprint density at radius 2 is 1.86 bits per heavy atom. The maximum absolute atomic E-state index is 11.7. The van der Waals surface area contributed by atoms with Gasteiger partial charge in [0, 0.05) is 20.6 Å². The van der Waals surface area contributed by atoms with Crippen LogP contribution in [0.1, 0.15) is 10.4 Å². The van der Waals surface area contributed by atoms with Crippen LogP contribution in [-0.4, -0.2) is 18.0 Å². The van der Waals surface area contributed by atoms with E-state index in [0.29, 0.717) is 15.7 Å². The molecule has 1 aromatic heterocycles. The summed E-state index contributed by atoms with van der Waals surface area (Å²) < 4.78 is 0. The largest absolute Gasteiger partial charge is 0.329 e. The van der Waals surface area contributed by atoms with Crippen molar-refractivity contribution in [3.8, 4) is 0 Å². The van der Waals surface area contributed by atoms with Gasteiger partial charge in [-0.05, 0) is 42.1 Å². The highest BCUT2D eigenvalue weighted by Gasteiger charge is 2.13. The van der Waals surface area contributed by atoms with Gasteiger partial charge in [-0.15, -0.1) is 11.3 Å². The minimum Gasteiger partial charge on any atom is -0.318 e. The van der Waals surface area contributed by atoms with Crippen LogP contribution in [0.15, 0.2) is 34.7 Å². The number of nitrogens with one attached hydrogen (secondary N) is 2. The van der Waals surface area contributed by atoms with Crippen LogP contribution in [0.4, 0.5) is 5.69 Å². The summed E-state index contributed by atoms with van der Waals surface area (Å²) in [5, 5.41) is 8.76. The van der Waals surface area contributed by atoms with E-state index in [4.69, 9.17) is 23.2 Å². The fourth-order valence-corrected chi connectivity index (χ4v) is 2.84. The zero-order valence-electron chi connectivity index (χ0n) is 11.4. The number of amides is 2. The third kappa shape index (κ3) is 4.56. The molecule has 0 aliphatic carbocycles. The molecule has 0 aliphatic rings. The molecule has 22 heavy (non-hydrogen) atoms. The lowest BCUT2D eigenvalue weighted by atomic mass is 10.3. The zero-order valence-corrected chi connectivity index (χ0v) is 13.7. The molecule has 0 unspecified atom stereocenters. The number of halogens is 2. The average molecular weight is 356 g/mol. The van der Waals surface area contributed by atoms with Gasteiger partial charge in [-0.2, -0.15) is 5.10 Å². The maximum atomic E-state index is 11.7. The van der Waals surface area contributed by atoms with Crippen LogP contribution in [0.2, 0.25) is 10.0 Å². The number of nitrogens with zero attached hydrogens (tertiary/aromatic N) is 1. The molecule has 0 aliphatic heterocycles. The second-order valence-electron chi connectivity index (χ2n) is 4.28. The van der Waals surface area contributed by atoms with E-state index >= 15 is 0 Å². The van der Waals surface area contributed by atoms with Crippen molar-refractivity contribution in [1.29, 1.82) is 0 Å². The standard InChI is InChI=1S/C14H11Cl2N3O2S/c1-8-2-3-22-12(8)7-17-19-14(21)13(20)18-11-5-9(15)4-10(16)6-11/h2-7H,1H3,(H,18,20)(H,19,21)/b17-7-. The van der Waals surface area contributed by atoms with Crippen molar-refractivity contribution in [2.24, 2.45) is 5.10 Å². The molecule has 0 radical (unpaired) electrons. The predicted molar refractivity (Wildman–Crippen MR) is 89.9 cm³/mol. The Kier molecular flexibility index (Phi) is 5.54. The van der Waals surface area contributed by atoms with Gasteiger partial charge in [0.15, 0.2) is 0 Å². The molecule has 0 bridgehead atoms. The zero-order chi connectivity index (χ0) is 16.1. The monoisotopic (exact) mass is 355 g/mol. The van der Waals surface area contributed by atoms with E-state index in [-0.39, 0.29) is 0 Å². The minimum absolute atomic E-state index is 0.329. The van der Waals surface area contributed by atoms with Crippen molar-refractivity contribution in [3.05, 3.63) is 50.1 Å². The minimum atomic E-state index is -0.887. The summed E-state index contributed by atoms with van der Waals surface area (Å²) in [6, 6.07) is 6.42. The number of thiophene rings is 1. The highest BCUT2D eigenvalue weighted by molar-refractivity contribution is 7.11. The number of hydrogen-bond donors (Lipinski definition) is 2. The van der Waals surface area contributed by atoms with Crippen molar-refractivity contribution in [3.63, 3.8) is 0 Å². The van der Waals surface area contributed by atoms with E-state index in [0.717, 1.165) is 10.4 Å². The summed E-state index contributed by atoms with van der Waals surface area (Å²) in [5.74, 6) is -1.75. The van der Waals surface area contributed by atoms with Gasteiger partial charge in [-0.3, -0.25) is 9.59 Å². The van der Waals surface area contributed by atoms with Crippen molar-refractivity contribution < 1.29 is 9.59 Å². The average Bonchev–Trinajstić information content (AvgIpc) is 2.83. The number of hydrazone groups is 1. The Morgan fingerprint density at radius 3 is 2.45 bits per heavy atom.